The molecule has 29 heavy (non-hydrogen) atoms. The number of aromatic nitrogens is 3. The number of nitrogens with one attached hydrogen (secondary N) is 2. The van der Waals surface area contributed by atoms with Crippen molar-refractivity contribution >= 4 is 22.5 Å². The predicted octanol–water partition coefficient (Wildman–Crippen LogP) is 4.68. The molecule has 0 bridgehead atoms. The van der Waals surface area contributed by atoms with Crippen LogP contribution in [0.3, 0.4) is 0 Å². The van der Waals surface area contributed by atoms with Crippen LogP contribution in [0.1, 0.15) is 34.4 Å². The summed E-state index contributed by atoms with van der Waals surface area (Å²) in [4.78, 5) is 16.0. The van der Waals surface area contributed by atoms with Crippen LogP contribution in [0.2, 0.25) is 0 Å². The Morgan fingerprint density at radius 2 is 1.93 bits per heavy atom. The number of aromatic amines is 1. The molecule has 0 radical (unpaired) electrons. The van der Waals surface area contributed by atoms with Crippen LogP contribution in [0.25, 0.3) is 10.9 Å². The summed E-state index contributed by atoms with van der Waals surface area (Å²) in [5, 5.41) is 8.58. The van der Waals surface area contributed by atoms with Crippen LogP contribution in [-0.4, -0.2) is 27.3 Å². The molecule has 2 N–H and O–H groups in total. The summed E-state index contributed by atoms with van der Waals surface area (Å²) < 4.78 is 7.45. The molecule has 0 fully saturated rings. The number of fused-ring (bicyclic) bond motifs is 1. The normalized spacial score (nSPS) is 11.0. The monoisotopic (exact) mass is 388 g/mol. The lowest BCUT2D eigenvalue weighted by Gasteiger charge is -2.07. The summed E-state index contributed by atoms with van der Waals surface area (Å²) in [5.41, 5.74) is 5.00. The first kappa shape index (κ1) is 18.8. The Hall–Kier alpha value is -3.54. The van der Waals surface area contributed by atoms with Crippen molar-refractivity contribution in [3.63, 3.8) is 0 Å². The van der Waals surface area contributed by atoms with Crippen LogP contribution >= 0.6 is 0 Å². The third kappa shape index (κ3) is 3.87. The number of hydrogen-bond donors (Lipinski definition) is 2. The summed E-state index contributed by atoms with van der Waals surface area (Å²) in [7, 11) is 0. The van der Waals surface area contributed by atoms with Gasteiger partial charge in [0.25, 0.3) is 5.91 Å². The maximum absolute atomic E-state index is 12.9. The second-order valence-electron chi connectivity index (χ2n) is 7.01. The smallest absolute Gasteiger partial charge is 0.272 e. The molecule has 2 aromatic carbocycles. The molecule has 0 saturated heterocycles. The van der Waals surface area contributed by atoms with E-state index >= 15 is 0 Å². The van der Waals surface area contributed by atoms with E-state index in [0.717, 1.165) is 39.3 Å². The summed E-state index contributed by atoms with van der Waals surface area (Å²) in [5.74, 6) is 0.590. The molecular formula is C23H24N4O2. The highest BCUT2D eigenvalue weighted by molar-refractivity contribution is 6.06. The van der Waals surface area contributed by atoms with E-state index in [1.165, 1.54) is 0 Å². The molecular weight excluding hydrogens is 364 g/mol. The van der Waals surface area contributed by atoms with Gasteiger partial charge in [-0.3, -0.25) is 9.48 Å². The third-order valence-electron chi connectivity index (χ3n) is 4.94. The van der Waals surface area contributed by atoms with Gasteiger partial charge in [-0.05, 0) is 44.5 Å². The minimum absolute atomic E-state index is 0.190. The predicted molar refractivity (Wildman–Crippen MR) is 115 cm³/mol. The van der Waals surface area contributed by atoms with Gasteiger partial charge >= 0.3 is 0 Å². The molecule has 4 rings (SSSR count). The largest absolute Gasteiger partial charge is 0.494 e. The number of hydrogen-bond acceptors (Lipinski definition) is 3. The van der Waals surface area contributed by atoms with Crippen molar-refractivity contribution < 1.29 is 9.53 Å². The number of ether oxygens (including phenoxy) is 1. The van der Waals surface area contributed by atoms with Crippen molar-refractivity contribution in [1.29, 1.82) is 0 Å². The maximum atomic E-state index is 12.9. The van der Waals surface area contributed by atoms with E-state index in [2.05, 4.69) is 27.5 Å². The van der Waals surface area contributed by atoms with E-state index in [9.17, 15) is 4.79 Å². The van der Waals surface area contributed by atoms with Gasteiger partial charge in [0.15, 0.2) is 0 Å². The van der Waals surface area contributed by atoms with Gasteiger partial charge in [-0.15, -0.1) is 0 Å². The van der Waals surface area contributed by atoms with Crippen LogP contribution < -0.4 is 10.1 Å². The zero-order chi connectivity index (χ0) is 20.4. The lowest BCUT2D eigenvalue weighted by molar-refractivity contribution is 0.102. The van der Waals surface area contributed by atoms with Crippen molar-refractivity contribution in [3.05, 3.63) is 77.2 Å². The fourth-order valence-corrected chi connectivity index (χ4v) is 3.45. The van der Waals surface area contributed by atoms with Crippen molar-refractivity contribution in [2.24, 2.45) is 0 Å². The molecule has 0 spiro atoms. The standard InChI is InChI=1S/C23H24N4O2/c1-4-29-19-11-10-18-12-21(24-20(18)13-19)23(28)25-22-15(2)26-27(16(22)3)14-17-8-6-5-7-9-17/h5-13,24H,4,14H2,1-3H3,(H,25,28). The number of aryl methyl sites for hydroxylation is 1. The van der Waals surface area contributed by atoms with Crippen molar-refractivity contribution in [3.8, 4) is 5.75 Å². The van der Waals surface area contributed by atoms with Crippen molar-refractivity contribution in [2.75, 3.05) is 11.9 Å². The van der Waals surface area contributed by atoms with Crippen LogP contribution in [0.4, 0.5) is 5.69 Å². The first-order chi connectivity index (χ1) is 14.0. The quantitative estimate of drug-likeness (QED) is 0.504. The molecule has 0 aliphatic rings. The maximum Gasteiger partial charge on any atom is 0.272 e. The van der Waals surface area contributed by atoms with Crippen molar-refractivity contribution in [2.45, 2.75) is 27.3 Å². The van der Waals surface area contributed by atoms with Crippen LogP contribution in [0.15, 0.2) is 54.6 Å². The Labute approximate surface area is 169 Å². The Bertz CT molecular complexity index is 1160. The average molecular weight is 388 g/mol. The Kier molecular flexibility index (Phi) is 5.08. The second-order valence-corrected chi connectivity index (χ2v) is 7.01. The van der Waals surface area contributed by atoms with Gasteiger partial charge in [0, 0.05) is 17.0 Å². The molecule has 148 valence electrons. The Morgan fingerprint density at radius 3 is 2.69 bits per heavy atom. The number of carbonyl (C=O) groups is 1. The number of carbonyl (C=O) groups excluding carboxylic acids is 1. The molecule has 0 aliphatic heterocycles. The topological polar surface area (TPSA) is 71.9 Å². The minimum Gasteiger partial charge on any atom is -0.494 e. The van der Waals surface area contributed by atoms with E-state index in [1.54, 1.807) is 0 Å². The van der Waals surface area contributed by atoms with E-state index < -0.39 is 0 Å². The van der Waals surface area contributed by atoms with Gasteiger partial charge in [0.1, 0.15) is 11.4 Å². The van der Waals surface area contributed by atoms with Gasteiger partial charge < -0.3 is 15.0 Å². The Balaban J connectivity index is 1.56. The highest BCUT2D eigenvalue weighted by atomic mass is 16.5. The van der Waals surface area contributed by atoms with E-state index in [1.807, 2.05) is 67.9 Å². The molecule has 0 atom stereocenters. The Morgan fingerprint density at radius 1 is 1.14 bits per heavy atom. The number of nitrogens with zero attached hydrogens (tertiary/aromatic N) is 2. The number of H-pyrrole nitrogens is 1. The lowest BCUT2D eigenvalue weighted by atomic mass is 10.2. The molecule has 2 aromatic heterocycles. The van der Waals surface area contributed by atoms with Gasteiger partial charge in [0.05, 0.1) is 30.2 Å². The highest BCUT2D eigenvalue weighted by Crippen LogP contribution is 2.24. The molecule has 0 saturated carbocycles. The van der Waals surface area contributed by atoms with E-state index in [0.29, 0.717) is 18.8 Å². The van der Waals surface area contributed by atoms with Crippen LogP contribution in [0, 0.1) is 13.8 Å². The summed E-state index contributed by atoms with van der Waals surface area (Å²) in [6.45, 7) is 7.09. The molecule has 6 nitrogen and oxygen atoms in total. The fraction of sp³-hybridized carbons (Fsp3) is 0.217. The van der Waals surface area contributed by atoms with Crippen LogP contribution in [-0.2, 0) is 6.54 Å². The van der Waals surface area contributed by atoms with Gasteiger partial charge in [0.2, 0.25) is 0 Å². The van der Waals surface area contributed by atoms with Gasteiger partial charge in [-0.1, -0.05) is 30.3 Å². The second kappa shape index (κ2) is 7.83. The van der Waals surface area contributed by atoms with Gasteiger partial charge in [-0.25, -0.2) is 0 Å². The average Bonchev–Trinajstić information content (AvgIpc) is 3.25. The number of anilines is 1. The molecule has 0 aliphatic carbocycles. The fourth-order valence-electron chi connectivity index (χ4n) is 3.45. The summed E-state index contributed by atoms with van der Waals surface area (Å²) >= 11 is 0. The number of benzene rings is 2. The number of amides is 1. The summed E-state index contributed by atoms with van der Waals surface area (Å²) in [6.07, 6.45) is 0. The first-order valence-corrected chi connectivity index (χ1v) is 9.70. The van der Waals surface area contributed by atoms with Gasteiger partial charge in [-0.2, -0.15) is 5.10 Å². The van der Waals surface area contributed by atoms with E-state index in [-0.39, 0.29) is 5.91 Å². The zero-order valence-corrected chi connectivity index (χ0v) is 16.8. The molecule has 2 heterocycles. The number of rotatable bonds is 6. The SMILES string of the molecule is CCOc1ccc2cc(C(=O)Nc3c(C)nn(Cc4ccccc4)c3C)[nH]c2c1. The zero-order valence-electron chi connectivity index (χ0n) is 16.8. The lowest BCUT2D eigenvalue weighted by Crippen LogP contribution is -2.13. The highest BCUT2D eigenvalue weighted by Gasteiger charge is 2.17. The summed E-state index contributed by atoms with van der Waals surface area (Å²) in [6, 6.07) is 17.8. The third-order valence-corrected chi connectivity index (χ3v) is 4.94. The molecule has 6 heteroatoms. The first-order valence-electron chi connectivity index (χ1n) is 9.70. The molecule has 0 unspecified atom stereocenters. The molecule has 1 amide bonds. The van der Waals surface area contributed by atoms with Crippen molar-refractivity contribution in [1.82, 2.24) is 14.8 Å². The minimum atomic E-state index is -0.190. The van der Waals surface area contributed by atoms with Crippen LogP contribution in [0.5, 0.6) is 5.75 Å². The molecule has 4 aromatic rings. The van der Waals surface area contributed by atoms with E-state index in [4.69, 9.17) is 4.74 Å².